The van der Waals surface area contributed by atoms with Gasteiger partial charge in [-0.2, -0.15) is 0 Å². The first-order valence-electron chi connectivity index (χ1n) is 3.20. The molecule has 0 spiro atoms. The van der Waals surface area contributed by atoms with E-state index in [1.165, 1.54) is 6.92 Å². The molecule has 4 nitrogen and oxygen atoms in total. The molecule has 0 saturated carbocycles. The first-order valence-corrected chi connectivity index (χ1v) is 3.20. The van der Waals surface area contributed by atoms with E-state index in [4.69, 9.17) is 10.2 Å². The van der Waals surface area contributed by atoms with Crippen LogP contribution in [0.15, 0.2) is 12.2 Å². The average molecular weight is 160 g/mol. The van der Waals surface area contributed by atoms with Crippen molar-refractivity contribution in [1.82, 2.24) is 0 Å². The van der Waals surface area contributed by atoms with E-state index in [0.717, 1.165) is 0 Å². The van der Waals surface area contributed by atoms with Gasteiger partial charge in [0.05, 0.1) is 13.2 Å². The summed E-state index contributed by atoms with van der Waals surface area (Å²) in [6.07, 6.45) is -0.834. The summed E-state index contributed by atoms with van der Waals surface area (Å²) in [5.74, 6) is -0.599. The predicted octanol–water partition coefficient (Wildman–Crippen LogP) is -0.541. The van der Waals surface area contributed by atoms with E-state index < -0.39 is 12.1 Å². The molecule has 0 rings (SSSR count). The van der Waals surface area contributed by atoms with E-state index >= 15 is 0 Å². The third-order valence-electron chi connectivity index (χ3n) is 1.03. The van der Waals surface area contributed by atoms with Crippen LogP contribution < -0.4 is 0 Å². The van der Waals surface area contributed by atoms with E-state index in [2.05, 4.69) is 11.3 Å². The largest absolute Gasteiger partial charge is 0.454 e. The van der Waals surface area contributed by atoms with Gasteiger partial charge in [0.2, 0.25) is 0 Å². The van der Waals surface area contributed by atoms with Gasteiger partial charge in [-0.1, -0.05) is 6.58 Å². The van der Waals surface area contributed by atoms with Crippen LogP contribution in [-0.4, -0.2) is 35.5 Å². The topological polar surface area (TPSA) is 66.8 Å². The molecule has 0 aromatic heterocycles. The second-order valence-electron chi connectivity index (χ2n) is 2.17. The van der Waals surface area contributed by atoms with Gasteiger partial charge in [-0.25, -0.2) is 4.79 Å². The fraction of sp³-hybridized carbons (Fsp3) is 0.571. The molecular weight excluding hydrogens is 148 g/mol. The molecule has 0 amide bonds. The maximum atomic E-state index is 10.7. The van der Waals surface area contributed by atoms with Gasteiger partial charge in [0.1, 0.15) is 6.10 Å². The van der Waals surface area contributed by atoms with Crippen molar-refractivity contribution in [2.45, 2.75) is 13.0 Å². The van der Waals surface area contributed by atoms with E-state index in [0.29, 0.717) is 0 Å². The normalized spacial score (nSPS) is 9.82. The number of aliphatic hydroxyl groups is 2. The number of carbonyl (C=O) groups excluding carboxylic acids is 1. The van der Waals surface area contributed by atoms with Crippen molar-refractivity contribution < 1.29 is 19.7 Å². The quantitative estimate of drug-likeness (QED) is 0.428. The van der Waals surface area contributed by atoms with Crippen molar-refractivity contribution in [3.63, 3.8) is 0 Å². The molecule has 0 fully saturated rings. The van der Waals surface area contributed by atoms with E-state index in [1.54, 1.807) is 0 Å². The Balaban J connectivity index is 3.81. The Bertz CT molecular complexity index is 149. The molecular formula is C7H12O4. The van der Waals surface area contributed by atoms with Crippen molar-refractivity contribution in [1.29, 1.82) is 0 Å². The maximum absolute atomic E-state index is 10.7. The first-order chi connectivity index (χ1) is 5.11. The van der Waals surface area contributed by atoms with Crippen molar-refractivity contribution >= 4 is 5.97 Å². The van der Waals surface area contributed by atoms with Crippen molar-refractivity contribution in [3.8, 4) is 0 Å². The minimum atomic E-state index is -0.834. The van der Waals surface area contributed by atoms with E-state index in [1.807, 2.05) is 0 Å². The van der Waals surface area contributed by atoms with Crippen LogP contribution in [-0.2, 0) is 9.53 Å². The van der Waals surface area contributed by atoms with Gasteiger partial charge in [0, 0.05) is 5.57 Å². The molecule has 64 valence electrons. The van der Waals surface area contributed by atoms with Crippen LogP contribution in [0.25, 0.3) is 0 Å². The minimum absolute atomic E-state index is 0.247. The Hall–Kier alpha value is -0.870. The van der Waals surface area contributed by atoms with Gasteiger partial charge in [-0.3, -0.25) is 0 Å². The Labute approximate surface area is 65.1 Å². The second kappa shape index (κ2) is 4.87. The molecule has 4 heteroatoms. The zero-order chi connectivity index (χ0) is 8.85. The summed E-state index contributed by atoms with van der Waals surface area (Å²) in [5.41, 5.74) is 0.247. The molecule has 0 radical (unpaired) electrons. The number of rotatable bonds is 4. The number of ether oxygens (including phenoxy) is 1. The maximum Gasteiger partial charge on any atom is 0.333 e. The number of hydrogen-bond acceptors (Lipinski definition) is 4. The van der Waals surface area contributed by atoms with Crippen LogP contribution in [0.5, 0.6) is 0 Å². The smallest absolute Gasteiger partial charge is 0.333 e. The molecule has 0 unspecified atom stereocenters. The van der Waals surface area contributed by atoms with Gasteiger partial charge in [0.15, 0.2) is 0 Å². The van der Waals surface area contributed by atoms with Gasteiger partial charge in [-0.15, -0.1) is 0 Å². The van der Waals surface area contributed by atoms with Crippen molar-refractivity contribution in [3.05, 3.63) is 12.2 Å². The molecule has 0 aromatic carbocycles. The summed E-state index contributed by atoms with van der Waals surface area (Å²) >= 11 is 0. The van der Waals surface area contributed by atoms with Gasteiger partial charge in [-0.05, 0) is 6.92 Å². The summed E-state index contributed by atoms with van der Waals surface area (Å²) in [5, 5.41) is 17.0. The third-order valence-corrected chi connectivity index (χ3v) is 1.03. The molecule has 0 heterocycles. The fourth-order valence-electron chi connectivity index (χ4n) is 0.384. The van der Waals surface area contributed by atoms with Gasteiger partial charge >= 0.3 is 5.97 Å². The SMILES string of the molecule is C=C(C)C(=O)OC(CO)CO. The third kappa shape index (κ3) is 3.75. The van der Waals surface area contributed by atoms with Crippen LogP contribution in [0.1, 0.15) is 6.92 Å². The van der Waals surface area contributed by atoms with Crippen LogP contribution in [0.2, 0.25) is 0 Å². The Kier molecular flexibility index (Phi) is 4.49. The number of aliphatic hydroxyl groups excluding tert-OH is 2. The van der Waals surface area contributed by atoms with E-state index in [-0.39, 0.29) is 18.8 Å². The zero-order valence-corrected chi connectivity index (χ0v) is 6.41. The van der Waals surface area contributed by atoms with Crippen LogP contribution in [0.4, 0.5) is 0 Å². The van der Waals surface area contributed by atoms with Gasteiger partial charge < -0.3 is 14.9 Å². The highest BCUT2D eigenvalue weighted by molar-refractivity contribution is 5.87. The molecule has 0 bridgehead atoms. The second-order valence-corrected chi connectivity index (χ2v) is 2.17. The lowest BCUT2D eigenvalue weighted by Gasteiger charge is -2.11. The molecule has 11 heavy (non-hydrogen) atoms. The molecule has 0 saturated heterocycles. The lowest BCUT2D eigenvalue weighted by Crippen LogP contribution is -2.25. The summed E-state index contributed by atoms with van der Waals surface area (Å²) in [7, 11) is 0. The number of hydrogen-bond donors (Lipinski definition) is 2. The Morgan fingerprint density at radius 2 is 2.00 bits per heavy atom. The van der Waals surface area contributed by atoms with Crippen molar-refractivity contribution in [2.75, 3.05) is 13.2 Å². The summed E-state index contributed by atoms with van der Waals surface area (Å²) in [6.45, 7) is 4.07. The monoisotopic (exact) mass is 160 g/mol. The number of carbonyl (C=O) groups is 1. The summed E-state index contributed by atoms with van der Waals surface area (Å²) in [6, 6.07) is 0. The highest BCUT2D eigenvalue weighted by Crippen LogP contribution is 1.96. The summed E-state index contributed by atoms with van der Waals surface area (Å²) < 4.78 is 4.57. The van der Waals surface area contributed by atoms with Gasteiger partial charge in [0.25, 0.3) is 0 Å². The molecule has 0 aliphatic carbocycles. The lowest BCUT2D eigenvalue weighted by atomic mass is 10.3. The Morgan fingerprint density at radius 3 is 2.27 bits per heavy atom. The highest BCUT2D eigenvalue weighted by Gasteiger charge is 2.11. The fourth-order valence-corrected chi connectivity index (χ4v) is 0.384. The Morgan fingerprint density at radius 1 is 1.55 bits per heavy atom. The molecule has 0 aliphatic heterocycles. The molecule has 0 aromatic rings. The summed E-state index contributed by atoms with van der Waals surface area (Å²) in [4.78, 5) is 10.7. The van der Waals surface area contributed by atoms with E-state index in [9.17, 15) is 4.79 Å². The predicted molar refractivity (Wildman–Crippen MR) is 38.9 cm³/mol. The molecule has 0 aliphatic rings. The van der Waals surface area contributed by atoms with Crippen LogP contribution in [0.3, 0.4) is 0 Å². The first kappa shape index (κ1) is 10.1. The number of esters is 1. The highest BCUT2D eigenvalue weighted by atomic mass is 16.6. The standard InChI is InChI=1S/C7H12O4/c1-5(2)7(10)11-6(3-8)4-9/h6,8-9H,1,3-4H2,2H3. The molecule has 0 atom stereocenters. The van der Waals surface area contributed by atoms with Crippen molar-refractivity contribution in [2.24, 2.45) is 0 Å². The van der Waals surface area contributed by atoms with Crippen LogP contribution in [0, 0.1) is 0 Å². The lowest BCUT2D eigenvalue weighted by molar-refractivity contribution is -0.148. The zero-order valence-electron chi connectivity index (χ0n) is 6.41. The molecule has 2 N–H and O–H groups in total. The minimum Gasteiger partial charge on any atom is -0.454 e. The average Bonchev–Trinajstić information content (AvgIpc) is 1.99. The van der Waals surface area contributed by atoms with Crippen LogP contribution >= 0.6 is 0 Å².